The first-order valence-corrected chi connectivity index (χ1v) is 5.82. The Hall–Kier alpha value is -1.21. The predicted molar refractivity (Wildman–Crippen MR) is 66.9 cm³/mol. The van der Waals surface area contributed by atoms with Crippen LogP contribution in [0, 0.1) is 10.1 Å². The van der Waals surface area contributed by atoms with Crippen LogP contribution in [0.15, 0.2) is 12.1 Å². The second-order valence-corrected chi connectivity index (χ2v) is 4.72. The highest BCUT2D eigenvalue weighted by atomic mass is 35.5. The number of halogens is 5. The van der Waals surface area contributed by atoms with E-state index in [0.717, 1.165) is 12.1 Å². The first kappa shape index (κ1) is 15.8. The zero-order valence-corrected chi connectivity index (χ0v) is 11.1. The zero-order chi connectivity index (χ0) is 14.8. The first-order chi connectivity index (χ1) is 8.60. The number of benzene rings is 1. The fourth-order valence-corrected chi connectivity index (χ4v) is 1.79. The molecule has 0 aliphatic carbocycles. The molecule has 0 bridgehead atoms. The van der Waals surface area contributed by atoms with Crippen LogP contribution in [0.5, 0.6) is 0 Å². The van der Waals surface area contributed by atoms with Gasteiger partial charge < -0.3 is 5.32 Å². The highest BCUT2D eigenvalue weighted by Gasteiger charge is 2.31. The average molecular weight is 317 g/mol. The van der Waals surface area contributed by atoms with Crippen LogP contribution in [0.4, 0.5) is 24.5 Å². The molecule has 9 heteroatoms. The molecule has 0 aliphatic heterocycles. The maximum atomic E-state index is 12.2. The third-order valence-electron chi connectivity index (χ3n) is 2.17. The van der Waals surface area contributed by atoms with Gasteiger partial charge in [0.2, 0.25) is 0 Å². The number of nitrogens with zero attached hydrogens (tertiary/aromatic N) is 1. The summed E-state index contributed by atoms with van der Waals surface area (Å²) in [6.07, 6.45) is -5.48. The van der Waals surface area contributed by atoms with Gasteiger partial charge in [-0.25, -0.2) is 0 Å². The van der Waals surface area contributed by atoms with Gasteiger partial charge in [0.1, 0.15) is 5.69 Å². The van der Waals surface area contributed by atoms with E-state index in [1.807, 2.05) is 0 Å². The van der Waals surface area contributed by atoms with E-state index in [4.69, 9.17) is 23.2 Å². The summed E-state index contributed by atoms with van der Waals surface area (Å²) in [4.78, 5) is 10.0. The Morgan fingerprint density at radius 1 is 1.37 bits per heavy atom. The Kier molecular flexibility index (Phi) is 4.86. The summed E-state index contributed by atoms with van der Waals surface area (Å²) < 4.78 is 36.6. The topological polar surface area (TPSA) is 55.2 Å². The summed E-state index contributed by atoms with van der Waals surface area (Å²) in [5, 5.41) is 13.2. The van der Waals surface area contributed by atoms with Crippen LogP contribution in [0.1, 0.15) is 13.3 Å². The van der Waals surface area contributed by atoms with E-state index >= 15 is 0 Å². The fraction of sp³-hybridized carbons (Fsp3) is 0.400. The van der Waals surface area contributed by atoms with E-state index in [-0.39, 0.29) is 15.7 Å². The second-order valence-electron chi connectivity index (χ2n) is 3.91. The lowest BCUT2D eigenvalue weighted by Crippen LogP contribution is -2.24. The normalized spacial score (nSPS) is 13.2. The van der Waals surface area contributed by atoms with E-state index in [1.54, 1.807) is 0 Å². The van der Waals surface area contributed by atoms with Crippen molar-refractivity contribution < 1.29 is 18.1 Å². The van der Waals surface area contributed by atoms with Crippen molar-refractivity contribution in [1.29, 1.82) is 0 Å². The Labute approximate surface area is 116 Å². The van der Waals surface area contributed by atoms with Crippen LogP contribution in [0.25, 0.3) is 0 Å². The number of anilines is 1. The minimum absolute atomic E-state index is 0.0222. The maximum absolute atomic E-state index is 12.2. The summed E-state index contributed by atoms with van der Waals surface area (Å²) in [7, 11) is 0. The molecule has 0 fully saturated rings. The van der Waals surface area contributed by atoms with Crippen molar-refractivity contribution in [3.8, 4) is 0 Å². The monoisotopic (exact) mass is 316 g/mol. The van der Waals surface area contributed by atoms with Crippen molar-refractivity contribution >= 4 is 34.6 Å². The molecule has 1 N–H and O–H groups in total. The molecule has 1 rings (SSSR count). The summed E-state index contributed by atoms with van der Waals surface area (Å²) in [6, 6.07) is 1.09. The third-order valence-corrected chi connectivity index (χ3v) is 2.90. The van der Waals surface area contributed by atoms with E-state index < -0.39 is 29.2 Å². The molecule has 1 unspecified atom stereocenters. The molecule has 0 spiro atoms. The summed E-state index contributed by atoms with van der Waals surface area (Å²) in [5.41, 5.74) is -0.528. The highest BCUT2D eigenvalue weighted by molar-refractivity contribution is 6.42. The molecule has 106 valence electrons. The van der Waals surface area contributed by atoms with Crippen LogP contribution in [0.3, 0.4) is 0 Å². The fourth-order valence-electron chi connectivity index (χ4n) is 1.47. The number of nitrogens with one attached hydrogen (secondary N) is 1. The molecule has 4 nitrogen and oxygen atoms in total. The number of hydrogen-bond donors (Lipinski definition) is 1. The summed E-state index contributed by atoms with van der Waals surface area (Å²) in [5.74, 6) is 0. The largest absolute Gasteiger partial charge is 0.391 e. The molecule has 0 saturated heterocycles. The lowest BCUT2D eigenvalue weighted by atomic mass is 10.2. The van der Waals surface area contributed by atoms with Crippen molar-refractivity contribution in [3.05, 3.63) is 32.3 Å². The molecule has 0 aromatic heterocycles. The Bertz CT molecular complexity index is 494. The maximum Gasteiger partial charge on any atom is 0.391 e. The van der Waals surface area contributed by atoms with E-state index in [9.17, 15) is 23.3 Å². The van der Waals surface area contributed by atoms with E-state index in [2.05, 4.69) is 5.32 Å². The quantitative estimate of drug-likeness (QED) is 0.649. The molecule has 0 saturated carbocycles. The molecule has 1 aromatic carbocycles. The molecule has 19 heavy (non-hydrogen) atoms. The second kappa shape index (κ2) is 5.83. The average Bonchev–Trinajstić information content (AvgIpc) is 2.19. The highest BCUT2D eigenvalue weighted by Crippen LogP contribution is 2.35. The molecule has 0 radical (unpaired) electrons. The number of nitro benzene ring substituents is 1. The Morgan fingerprint density at radius 2 is 1.89 bits per heavy atom. The Morgan fingerprint density at radius 3 is 2.37 bits per heavy atom. The van der Waals surface area contributed by atoms with Crippen molar-refractivity contribution in [2.24, 2.45) is 0 Å². The molecular formula is C10H9Cl2F3N2O2. The molecular weight excluding hydrogens is 308 g/mol. The van der Waals surface area contributed by atoms with E-state index in [1.165, 1.54) is 6.92 Å². The summed E-state index contributed by atoms with van der Waals surface area (Å²) >= 11 is 11.3. The van der Waals surface area contributed by atoms with Gasteiger partial charge in [0.05, 0.1) is 21.4 Å². The van der Waals surface area contributed by atoms with Crippen LogP contribution in [-0.4, -0.2) is 17.1 Å². The number of rotatable bonds is 4. The van der Waals surface area contributed by atoms with Gasteiger partial charge in [-0.1, -0.05) is 23.2 Å². The molecule has 1 aromatic rings. The number of hydrogen-bond acceptors (Lipinski definition) is 3. The molecule has 0 aliphatic rings. The standard InChI is InChI=1S/C10H9Cl2F3N2O2/c1-5(4-10(13,14)15)16-8-2-6(11)7(12)3-9(8)17(18)19/h2-3,5,16H,4H2,1H3. The van der Waals surface area contributed by atoms with Crippen molar-refractivity contribution in [1.82, 2.24) is 0 Å². The lowest BCUT2D eigenvalue weighted by Gasteiger charge is -2.17. The molecule has 0 heterocycles. The minimum atomic E-state index is -4.36. The first-order valence-electron chi connectivity index (χ1n) is 5.07. The van der Waals surface area contributed by atoms with Gasteiger partial charge in [0.15, 0.2) is 0 Å². The Balaban J connectivity index is 3.00. The number of alkyl halides is 3. The van der Waals surface area contributed by atoms with Crippen LogP contribution in [-0.2, 0) is 0 Å². The smallest absolute Gasteiger partial charge is 0.377 e. The third kappa shape index (κ3) is 4.76. The number of nitro groups is 1. The lowest BCUT2D eigenvalue weighted by molar-refractivity contribution is -0.384. The van der Waals surface area contributed by atoms with Gasteiger partial charge in [-0.2, -0.15) is 13.2 Å². The van der Waals surface area contributed by atoms with Gasteiger partial charge >= 0.3 is 6.18 Å². The van der Waals surface area contributed by atoms with Gasteiger partial charge in [-0.15, -0.1) is 0 Å². The van der Waals surface area contributed by atoms with Crippen LogP contribution < -0.4 is 5.32 Å². The van der Waals surface area contributed by atoms with Gasteiger partial charge in [0.25, 0.3) is 5.69 Å². The predicted octanol–water partition coefficient (Wildman–Crippen LogP) is 4.65. The van der Waals surface area contributed by atoms with E-state index in [0.29, 0.717) is 0 Å². The van der Waals surface area contributed by atoms with Gasteiger partial charge in [-0.05, 0) is 13.0 Å². The zero-order valence-electron chi connectivity index (χ0n) is 9.59. The van der Waals surface area contributed by atoms with Crippen molar-refractivity contribution in [2.45, 2.75) is 25.6 Å². The van der Waals surface area contributed by atoms with Crippen molar-refractivity contribution in [2.75, 3.05) is 5.32 Å². The summed E-state index contributed by atoms with van der Waals surface area (Å²) in [6.45, 7) is 1.26. The van der Waals surface area contributed by atoms with Gasteiger partial charge in [-0.3, -0.25) is 10.1 Å². The van der Waals surface area contributed by atoms with Crippen molar-refractivity contribution in [3.63, 3.8) is 0 Å². The SMILES string of the molecule is CC(CC(F)(F)F)Nc1cc(Cl)c(Cl)cc1[N+](=O)[O-]. The van der Waals surface area contributed by atoms with Crippen LogP contribution in [0.2, 0.25) is 10.0 Å². The van der Waals surface area contributed by atoms with Crippen LogP contribution >= 0.6 is 23.2 Å². The minimum Gasteiger partial charge on any atom is -0.377 e. The molecule has 0 amide bonds. The van der Waals surface area contributed by atoms with Gasteiger partial charge in [0, 0.05) is 12.1 Å². The molecule has 1 atom stereocenters.